The van der Waals surface area contributed by atoms with Crippen molar-refractivity contribution in [2.45, 2.75) is 76.9 Å². The van der Waals surface area contributed by atoms with Gasteiger partial charge in [-0.25, -0.2) is 4.39 Å². The SMILES string of the molecule is CN(C)CCO[C@]1(c2ccccc2)C[C@H]2CC[C@]1(C)C2(C)C.O=C(CCCN1CCC(O)(c2ccc(Cl)cc2)CC1)c1ccc(F)cc1. The lowest BCUT2D eigenvalue weighted by Gasteiger charge is -2.49. The Hall–Kier alpha value is -2.61. The highest BCUT2D eigenvalue weighted by Gasteiger charge is 2.69. The molecular weight excluding hydrogens is 623 g/mol. The third kappa shape index (κ3) is 7.58. The van der Waals surface area contributed by atoms with Crippen LogP contribution in [0.1, 0.15) is 87.2 Å². The summed E-state index contributed by atoms with van der Waals surface area (Å²) in [5.41, 5.74) is 2.50. The van der Waals surface area contributed by atoms with Crippen LogP contribution in [0.15, 0.2) is 78.9 Å². The molecule has 3 atom stereocenters. The number of fused-ring (bicyclic) bond motifs is 2. The highest BCUT2D eigenvalue weighted by atomic mass is 35.5. The van der Waals surface area contributed by atoms with Crippen molar-refractivity contribution in [1.82, 2.24) is 9.80 Å². The summed E-state index contributed by atoms with van der Waals surface area (Å²) in [6.45, 7) is 11.6. The van der Waals surface area contributed by atoms with Crippen molar-refractivity contribution in [3.05, 3.63) is 106 Å². The number of hydrogen-bond acceptors (Lipinski definition) is 5. The molecule has 1 N–H and O–H groups in total. The number of likely N-dealkylation sites (tertiary alicyclic amines) is 1. The predicted molar refractivity (Wildman–Crippen MR) is 193 cm³/mol. The highest BCUT2D eigenvalue weighted by Crippen LogP contribution is 2.73. The second kappa shape index (κ2) is 15.1. The van der Waals surface area contributed by atoms with E-state index in [1.807, 2.05) is 24.3 Å². The fourth-order valence-electron chi connectivity index (χ4n) is 8.53. The largest absolute Gasteiger partial charge is 0.385 e. The second-order valence-electron chi connectivity index (χ2n) is 15.3. The summed E-state index contributed by atoms with van der Waals surface area (Å²) < 4.78 is 19.6. The van der Waals surface area contributed by atoms with Crippen LogP contribution in [0.4, 0.5) is 4.39 Å². The number of hydrogen-bond donors (Lipinski definition) is 1. The van der Waals surface area contributed by atoms with E-state index in [-0.39, 0.29) is 22.6 Å². The Morgan fingerprint density at radius 3 is 2.15 bits per heavy atom. The summed E-state index contributed by atoms with van der Waals surface area (Å²) in [5, 5.41) is 11.5. The smallest absolute Gasteiger partial charge is 0.162 e. The number of carbonyl (C=O) groups is 1. The first kappa shape index (κ1) is 36.7. The van der Waals surface area contributed by atoms with Crippen LogP contribution < -0.4 is 0 Å². The molecule has 48 heavy (non-hydrogen) atoms. The van der Waals surface area contributed by atoms with Gasteiger partial charge < -0.3 is 19.6 Å². The van der Waals surface area contributed by atoms with Crippen LogP contribution in [0.3, 0.4) is 0 Å². The quantitative estimate of drug-likeness (QED) is 0.206. The lowest BCUT2D eigenvalue weighted by atomic mass is 9.62. The average molecular weight is 677 g/mol. The standard InChI is InChI=1S/C21H23ClFNO2.C20H31NO/c22-18-7-5-17(6-8-18)21(26)11-14-24(15-12-21)13-1-2-20(25)16-3-9-19(23)10-4-16;1-18(2)17-11-12-19(18,3)20(15-17,22-14-13-21(4)5)16-9-7-6-8-10-16/h3-10,26H,1-2,11-15H2;6-10,17H,11-15H2,1-5H3/t;17-,19-,20+/m.1/s1. The molecule has 260 valence electrons. The van der Waals surface area contributed by atoms with Crippen molar-refractivity contribution >= 4 is 17.4 Å². The second-order valence-corrected chi connectivity index (χ2v) is 15.7. The highest BCUT2D eigenvalue weighted by molar-refractivity contribution is 6.30. The van der Waals surface area contributed by atoms with Gasteiger partial charge in [0, 0.05) is 42.1 Å². The number of benzene rings is 3. The fraction of sp³-hybridized carbons (Fsp3) is 0.537. The first-order valence-corrected chi connectivity index (χ1v) is 18.0. The van der Waals surface area contributed by atoms with Crippen LogP contribution >= 0.6 is 11.6 Å². The van der Waals surface area contributed by atoms with E-state index >= 15 is 0 Å². The Bertz CT molecular complexity index is 1490. The molecule has 0 unspecified atom stereocenters. The zero-order chi connectivity index (χ0) is 34.6. The van der Waals surface area contributed by atoms with E-state index in [9.17, 15) is 14.3 Å². The van der Waals surface area contributed by atoms with Crippen LogP contribution in [0.2, 0.25) is 5.02 Å². The summed E-state index contributed by atoms with van der Waals surface area (Å²) in [6.07, 6.45) is 6.35. The Morgan fingerprint density at radius 1 is 0.938 bits per heavy atom. The number of halogens is 2. The number of ether oxygens (including phenoxy) is 1. The average Bonchev–Trinajstić information content (AvgIpc) is 3.39. The first-order valence-electron chi connectivity index (χ1n) is 17.6. The maximum absolute atomic E-state index is 12.9. The van der Waals surface area contributed by atoms with Crippen LogP contribution in [-0.2, 0) is 15.9 Å². The monoisotopic (exact) mass is 676 g/mol. The van der Waals surface area contributed by atoms with Gasteiger partial charge >= 0.3 is 0 Å². The number of aliphatic hydroxyl groups is 1. The molecule has 0 spiro atoms. The van der Waals surface area contributed by atoms with Gasteiger partial charge in [-0.15, -0.1) is 0 Å². The van der Waals surface area contributed by atoms with Gasteiger partial charge in [0.05, 0.1) is 17.8 Å². The topological polar surface area (TPSA) is 53.0 Å². The minimum absolute atomic E-state index is 0.0414. The van der Waals surface area contributed by atoms with Gasteiger partial charge in [-0.3, -0.25) is 4.79 Å². The first-order chi connectivity index (χ1) is 22.8. The zero-order valence-corrected chi connectivity index (χ0v) is 30.2. The van der Waals surface area contributed by atoms with Gasteiger partial charge in [0.25, 0.3) is 0 Å². The van der Waals surface area contributed by atoms with Gasteiger partial charge in [-0.2, -0.15) is 0 Å². The predicted octanol–water partition coefficient (Wildman–Crippen LogP) is 8.73. The van der Waals surface area contributed by atoms with Crippen molar-refractivity contribution in [2.24, 2.45) is 16.7 Å². The van der Waals surface area contributed by atoms with Gasteiger partial charge in [0.2, 0.25) is 0 Å². The Labute approximate surface area is 292 Å². The normalized spacial score (nSPS) is 25.9. The van der Waals surface area contributed by atoms with Gasteiger partial charge in [0.15, 0.2) is 5.78 Å². The summed E-state index contributed by atoms with van der Waals surface area (Å²) in [7, 11) is 4.23. The van der Waals surface area contributed by atoms with Crippen molar-refractivity contribution in [1.29, 1.82) is 0 Å². The Kier molecular flexibility index (Phi) is 11.5. The zero-order valence-electron chi connectivity index (χ0n) is 29.5. The Morgan fingerprint density at radius 2 is 1.58 bits per heavy atom. The van der Waals surface area contributed by atoms with Crippen LogP contribution in [0, 0.1) is 22.6 Å². The third-order valence-electron chi connectivity index (χ3n) is 12.1. The lowest BCUT2D eigenvalue weighted by Crippen LogP contribution is -2.47. The number of piperidine rings is 1. The fourth-order valence-corrected chi connectivity index (χ4v) is 8.66. The summed E-state index contributed by atoms with van der Waals surface area (Å²) in [4.78, 5) is 16.6. The molecule has 3 fully saturated rings. The molecule has 5 nitrogen and oxygen atoms in total. The molecule has 1 saturated heterocycles. The van der Waals surface area contributed by atoms with Gasteiger partial charge in [0.1, 0.15) is 5.82 Å². The molecule has 6 rings (SSSR count). The maximum Gasteiger partial charge on any atom is 0.162 e. The summed E-state index contributed by atoms with van der Waals surface area (Å²) in [5.74, 6) is 0.486. The molecule has 2 saturated carbocycles. The van der Waals surface area contributed by atoms with E-state index in [4.69, 9.17) is 16.3 Å². The molecule has 0 aromatic heterocycles. The third-order valence-corrected chi connectivity index (χ3v) is 12.3. The van der Waals surface area contributed by atoms with Crippen molar-refractivity contribution in [3.8, 4) is 0 Å². The van der Waals surface area contributed by atoms with E-state index < -0.39 is 5.60 Å². The van der Waals surface area contributed by atoms with Gasteiger partial charge in [-0.05, 0) is 118 Å². The molecular formula is C41H54ClFN2O3. The molecule has 2 bridgehead atoms. The number of carbonyl (C=O) groups excluding carboxylic acids is 1. The molecule has 1 aliphatic heterocycles. The van der Waals surface area contributed by atoms with Crippen LogP contribution in [0.5, 0.6) is 0 Å². The van der Waals surface area contributed by atoms with E-state index in [1.54, 1.807) is 0 Å². The Balaban J connectivity index is 0.000000190. The van der Waals surface area contributed by atoms with Gasteiger partial charge in [-0.1, -0.05) is 74.8 Å². The molecule has 3 aliphatic rings. The number of ketones is 1. The maximum atomic E-state index is 12.9. The molecule has 1 heterocycles. The summed E-state index contributed by atoms with van der Waals surface area (Å²) >= 11 is 5.92. The number of likely N-dealkylation sites (N-methyl/N-ethyl adjacent to an activating group) is 1. The van der Waals surface area contributed by atoms with E-state index in [1.165, 1.54) is 49.1 Å². The van der Waals surface area contributed by atoms with E-state index in [2.05, 4.69) is 75.0 Å². The number of nitrogens with zero attached hydrogens (tertiary/aromatic N) is 2. The molecule has 0 amide bonds. The molecule has 7 heteroatoms. The van der Waals surface area contributed by atoms with Crippen molar-refractivity contribution in [3.63, 3.8) is 0 Å². The molecule has 2 aliphatic carbocycles. The molecule has 3 aromatic carbocycles. The molecule has 0 radical (unpaired) electrons. The molecule has 3 aromatic rings. The minimum atomic E-state index is -0.801. The van der Waals surface area contributed by atoms with Crippen molar-refractivity contribution < 1.29 is 19.0 Å². The number of rotatable bonds is 11. The lowest BCUT2D eigenvalue weighted by molar-refractivity contribution is -0.148. The van der Waals surface area contributed by atoms with Crippen LogP contribution in [0.25, 0.3) is 0 Å². The minimum Gasteiger partial charge on any atom is -0.385 e. The summed E-state index contributed by atoms with van der Waals surface area (Å²) in [6, 6.07) is 24.1. The van der Waals surface area contributed by atoms with E-state index in [0.29, 0.717) is 35.3 Å². The number of Topliss-reactive ketones (excluding diaryl/α,β-unsaturated/α-hetero) is 1. The van der Waals surface area contributed by atoms with E-state index in [0.717, 1.165) is 50.7 Å². The van der Waals surface area contributed by atoms with Crippen molar-refractivity contribution in [2.75, 3.05) is 46.9 Å². The van der Waals surface area contributed by atoms with Crippen LogP contribution in [-0.4, -0.2) is 67.6 Å².